The summed E-state index contributed by atoms with van der Waals surface area (Å²) < 4.78 is 12.1. The molecule has 5 rings (SSSR count). The Hall–Kier alpha value is -5.50. The molecular weight excluding hydrogens is 612 g/mol. The van der Waals surface area contributed by atoms with Crippen LogP contribution in [0.4, 0.5) is 0 Å². The first-order chi connectivity index (χ1) is 23.5. The molecule has 1 heterocycles. The first kappa shape index (κ1) is 34.8. The van der Waals surface area contributed by atoms with Gasteiger partial charge in [-0.1, -0.05) is 82.3 Å². The SMILES string of the molecule is CCCN(C(=O)c1cc2cc(Oc3ccc(C(C)(C)C)cc3)ccc2cn1)[C@@H](Cc1ccc(OCc2ccccc2)cc1)C(=O)N=C(C)N. The molecule has 0 radical (unpaired) electrons. The van der Waals surface area contributed by atoms with Gasteiger partial charge < -0.3 is 20.1 Å². The third-order valence-electron chi connectivity index (χ3n) is 8.14. The minimum atomic E-state index is -0.884. The van der Waals surface area contributed by atoms with E-state index < -0.39 is 11.9 Å². The van der Waals surface area contributed by atoms with Crippen LogP contribution in [0.3, 0.4) is 0 Å². The van der Waals surface area contributed by atoms with E-state index in [9.17, 15) is 9.59 Å². The molecule has 4 aromatic carbocycles. The topological polar surface area (TPSA) is 107 Å². The highest BCUT2D eigenvalue weighted by molar-refractivity contribution is 6.01. The van der Waals surface area contributed by atoms with Gasteiger partial charge in [0.25, 0.3) is 11.8 Å². The number of aliphatic imine (C=N–C) groups is 1. The van der Waals surface area contributed by atoms with Gasteiger partial charge in [-0.15, -0.1) is 0 Å². The maximum Gasteiger partial charge on any atom is 0.273 e. The van der Waals surface area contributed by atoms with Crippen LogP contribution in [0.2, 0.25) is 0 Å². The molecule has 0 saturated heterocycles. The molecule has 2 amide bonds. The summed E-state index contributed by atoms with van der Waals surface area (Å²) in [4.78, 5) is 37.8. The molecule has 0 spiro atoms. The van der Waals surface area contributed by atoms with E-state index in [-0.39, 0.29) is 29.3 Å². The minimum Gasteiger partial charge on any atom is -0.489 e. The number of aromatic nitrogens is 1. The van der Waals surface area contributed by atoms with Crippen LogP contribution < -0.4 is 15.2 Å². The highest BCUT2D eigenvalue weighted by atomic mass is 16.5. The van der Waals surface area contributed by atoms with Crippen molar-refractivity contribution in [2.75, 3.05) is 6.54 Å². The molecule has 49 heavy (non-hydrogen) atoms. The Morgan fingerprint density at radius 3 is 2.16 bits per heavy atom. The molecule has 0 fully saturated rings. The van der Waals surface area contributed by atoms with Crippen LogP contribution in [-0.2, 0) is 23.2 Å². The van der Waals surface area contributed by atoms with Gasteiger partial charge in [-0.2, -0.15) is 4.99 Å². The monoisotopic (exact) mass is 656 g/mol. The summed E-state index contributed by atoms with van der Waals surface area (Å²) in [5.74, 6) is 1.35. The average molecular weight is 657 g/mol. The average Bonchev–Trinajstić information content (AvgIpc) is 3.09. The molecule has 0 aliphatic heterocycles. The van der Waals surface area contributed by atoms with E-state index in [1.54, 1.807) is 24.1 Å². The van der Waals surface area contributed by atoms with Gasteiger partial charge in [-0.3, -0.25) is 14.6 Å². The van der Waals surface area contributed by atoms with Crippen LogP contribution in [0.5, 0.6) is 17.2 Å². The van der Waals surface area contributed by atoms with Crippen molar-refractivity contribution in [3.05, 3.63) is 132 Å². The van der Waals surface area contributed by atoms with Gasteiger partial charge >= 0.3 is 0 Å². The fourth-order valence-corrected chi connectivity index (χ4v) is 5.51. The summed E-state index contributed by atoms with van der Waals surface area (Å²) in [6.45, 7) is 10.8. The van der Waals surface area contributed by atoms with Crippen molar-refractivity contribution in [3.8, 4) is 17.2 Å². The molecule has 0 aliphatic carbocycles. The normalized spacial score (nSPS) is 12.4. The maximum atomic E-state index is 14.1. The predicted molar refractivity (Wildman–Crippen MR) is 195 cm³/mol. The molecule has 0 saturated carbocycles. The highest BCUT2D eigenvalue weighted by Gasteiger charge is 2.31. The highest BCUT2D eigenvalue weighted by Crippen LogP contribution is 2.29. The third kappa shape index (κ3) is 9.32. The predicted octanol–water partition coefficient (Wildman–Crippen LogP) is 8.27. The molecule has 252 valence electrons. The quantitative estimate of drug-likeness (QED) is 0.107. The minimum absolute atomic E-state index is 0.0460. The Morgan fingerprint density at radius 2 is 1.51 bits per heavy atom. The van der Waals surface area contributed by atoms with E-state index in [1.165, 1.54) is 5.56 Å². The lowest BCUT2D eigenvalue weighted by atomic mass is 9.87. The first-order valence-corrected chi connectivity index (χ1v) is 16.6. The van der Waals surface area contributed by atoms with E-state index in [4.69, 9.17) is 15.2 Å². The number of amides is 2. The maximum absolute atomic E-state index is 14.1. The van der Waals surface area contributed by atoms with E-state index in [1.807, 2.05) is 91.9 Å². The van der Waals surface area contributed by atoms with Gasteiger partial charge in [-0.05, 0) is 89.4 Å². The largest absolute Gasteiger partial charge is 0.489 e. The van der Waals surface area contributed by atoms with Gasteiger partial charge in [-0.25, -0.2) is 0 Å². The summed E-state index contributed by atoms with van der Waals surface area (Å²) in [5.41, 5.74) is 9.24. The number of carbonyl (C=O) groups is 2. The number of carbonyl (C=O) groups excluding carboxylic acids is 2. The Labute approximate surface area is 288 Å². The van der Waals surface area contributed by atoms with Crippen molar-refractivity contribution in [2.24, 2.45) is 10.7 Å². The smallest absolute Gasteiger partial charge is 0.273 e. The lowest BCUT2D eigenvalue weighted by Gasteiger charge is -2.29. The van der Waals surface area contributed by atoms with E-state index in [0.29, 0.717) is 31.1 Å². The molecule has 8 nitrogen and oxygen atoms in total. The number of fused-ring (bicyclic) bond motifs is 1. The van der Waals surface area contributed by atoms with Crippen molar-refractivity contribution in [3.63, 3.8) is 0 Å². The number of nitrogens with zero attached hydrogens (tertiary/aromatic N) is 3. The zero-order valence-corrected chi connectivity index (χ0v) is 28.9. The van der Waals surface area contributed by atoms with Crippen LogP contribution in [0.25, 0.3) is 10.8 Å². The van der Waals surface area contributed by atoms with Crippen LogP contribution in [0.1, 0.15) is 68.2 Å². The van der Waals surface area contributed by atoms with Crippen molar-refractivity contribution in [1.82, 2.24) is 9.88 Å². The second-order valence-corrected chi connectivity index (χ2v) is 13.2. The number of hydrogen-bond donors (Lipinski definition) is 1. The summed E-state index contributed by atoms with van der Waals surface area (Å²) >= 11 is 0. The Morgan fingerprint density at radius 1 is 0.837 bits per heavy atom. The van der Waals surface area contributed by atoms with Crippen molar-refractivity contribution in [1.29, 1.82) is 0 Å². The molecule has 0 bridgehead atoms. The van der Waals surface area contributed by atoms with Gasteiger partial charge in [0, 0.05) is 24.5 Å². The standard InChI is InChI=1S/C41H44N4O4/c1-6-22-45(38(39(46)44-28(2)42)23-29-12-17-34(18-13-29)48-27-30-10-8-7-9-11-30)40(47)37-25-32-24-36(19-14-31(32)26-43-37)49-35-20-15-33(16-21-35)41(3,4)5/h7-21,24-26,38H,6,22-23,27H2,1-5H3,(H2,42,44,46)/t38-/m0/s1. The second kappa shape index (κ2) is 15.6. The fraction of sp³-hybridized carbons (Fsp3) is 0.268. The molecular formula is C41H44N4O4. The molecule has 0 unspecified atom stereocenters. The van der Waals surface area contributed by atoms with Gasteiger partial charge in [0.2, 0.25) is 0 Å². The van der Waals surface area contributed by atoms with Crippen molar-refractivity contribution < 1.29 is 19.1 Å². The number of rotatable bonds is 12. The number of nitrogens with two attached hydrogens (primary N) is 1. The summed E-state index contributed by atoms with van der Waals surface area (Å²) in [6, 6.07) is 32.1. The van der Waals surface area contributed by atoms with E-state index >= 15 is 0 Å². The van der Waals surface area contributed by atoms with Crippen LogP contribution >= 0.6 is 0 Å². The second-order valence-electron chi connectivity index (χ2n) is 13.2. The lowest BCUT2D eigenvalue weighted by Crippen LogP contribution is -2.47. The Balaban J connectivity index is 1.37. The van der Waals surface area contributed by atoms with Gasteiger partial charge in [0.05, 0.1) is 5.84 Å². The number of amidine groups is 1. The van der Waals surface area contributed by atoms with Gasteiger partial charge in [0.1, 0.15) is 35.6 Å². The molecule has 1 aromatic heterocycles. The fourth-order valence-electron chi connectivity index (χ4n) is 5.51. The molecule has 1 atom stereocenters. The number of pyridine rings is 1. The number of hydrogen-bond acceptors (Lipinski definition) is 5. The zero-order chi connectivity index (χ0) is 35.0. The van der Waals surface area contributed by atoms with E-state index in [2.05, 4.69) is 42.9 Å². The third-order valence-corrected chi connectivity index (χ3v) is 8.14. The molecule has 8 heteroatoms. The number of ether oxygens (including phenoxy) is 2. The van der Waals surface area contributed by atoms with Gasteiger partial charge in [0.15, 0.2) is 0 Å². The van der Waals surface area contributed by atoms with Crippen LogP contribution in [0, 0.1) is 0 Å². The Bertz CT molecular complexity index is 1910. The molecule has 2 N–H and O–H groups in total. The van der Waals surface area contributed by atoms with Crippen LogP contribution in [-0.4, -0.2) is 40.1 Å². The van der Waals surface area contributed by atoms with Crippen LogP contribution in [0.15, 0.2) is 114 Å². The Kier molecular flexibility index (Phi) is 11.1. The zero-order valence-electron chi connectivity index (χ0n) is 28.9. The number of benzene rings is 4. The van der Waals surface area contributed by atoms with Crippen molar-refractivity contribution in [2.45, 2.75) is 65.5 Å². The summed E-state index contributed by atoms with van der Waals surface area (Å²) in [6.07, 6.45) is 2.55. The summed E-state index contributed by atoms with van der Waals surface area (Å²) in [7, 11) is 0. The molecule has 0 aliphatic rings. The summed E-state index contributed by atoms with van der Waals surface area (Å²) in [5, 5.41) is 1.66. The van der Waals surface area contributed by atoms with E-state index in [0.717, 1.165) is 27.6 Å². The first-order valence-electron chi connectivity index (χ1n) is 16.6. The molecule has 5 aromatic rings. The lowest BCUT2D eigenvalue weighted by molar-refractivity contribution is -0.122. The van der Waals surface area contributed by atoms with Crippen molar-refractivity contribution >= 4 is 28.4 Å².